The molecule has 0 spiro atoms. The zero-order chi connectivity index (χ0) is 23.8. The third kappa shape index (κ3) is 5.80. The molecule has 3 rings (SSSR count). The van der Waals surface area contributed by atoms with E-state index in [2.05, 4.69) is 0 Å². The topological polar surface area (TPSA) is 98.2 Å². The lowest BCUT2D eigenvalue weighted by Crippen LogP contribution is -2.17. The number of hydrogen-bond donors (Lipinski definition) is 2. The molecule has 0 saturated carbocycles. The van der Waals surface area contributed by atoms with Crippen molar-refractivity contribution in [1.82, 2.24) is 9.55 Å². The Balaban J connectivity index is 0.00000289. The molecular weight excluding hydrogens is 500 g/mol. The number of sulfone groups is 1. The molecule has 3 N–H and O–H groups in total. The Morgan fingerprint density at radius 1 is 1.24 bits per heavy atom. The Kier molecular flexibility index (Phi) is 9.88. The Bertz CT molecular complexity index is 1300. The number of pyridine rings is 1. The number of nitrogens with zero attached hydrogens (tertiary/aromatic N) is 2. The van der Waals surface area contributed by atoms with Crippen LogP contribution in [0.5, 0.6) is 0 Å². The number of benzene rings is 1. The van der Waals surface area contributed by atoms with Gasteiger partial charge in [-0.2, -0.15) is 0 Å². The van der Waals surface area contributed by atoms with Crippen LogP contribution in [-0.2, 0) is 22.0 Å². The lowest BCUT2D eigenvalue weighted by molar-refractivity contribution is 0.0742. The van der Waals surface area contributed by atoms with Crippen molar-refractivity contribution in [3.05, 3.63) is 59.7 Å². The molecule has 0 saturated heterocycles. The highest BCUT2D eigenvalue weighted by Gasteiger charge is 2.25. The van der Waals surface area contributed by atoms with E-state index in [0.29, 0.717) is 27.9 Å². The summed E-state index contributed by atoms with van der Waals surface area (Å²) >= 11 is 0. The average molecular weight is 533 g/mol. The summed E-state index contributed by atoms with van der Waals surface area (Å²) in [7, 11) is -3.47. The summed E-state index contributed by atoms with van der Waals surface area (Å²) < 4.78 is 41.7. The van der Waals surface area contributed by atoms with Gasteiger partial charge in [0.05, 0.1) is 33.4 Å². The zero-order valence-corrected chi connectivity index (χ0v) is 22.3. The third-order valence-electron chi connectivity index (χ3n) is 5.52. The summed E-state index contributed by atoms with van der Waals surface area (Å²) in [6.07, 6.45) is 1.32. The molecule has 188 valence electrons. The highest BCUT2D eigenvalue weighted by atomic mass is 35.5. The van der Waals surface area contributed by atoms with Gasteiger partial charge in [0.1, 0.15) is 11.4 Å². The molecule has 6 nitrogen and oxygen atoms in total. The van der Waals surface area contributed by atoms with Crippen LogP contribution >= 0.6 is 24.8 Å². The predicted molar refractivity (Wildman–Crippen MR) is 140 cm³/mol. The Morgan fingerprint density at radius 2 is 1.88 bits per heavy atom. The Labute approximate surface area is 212 Å². The summed E-state index contributed by atoms with van der Waals surface area (Å²) in [5, 5.41) is 9.92. The largest absolute Gasteiger partial charge is 0.384 e. The number of hydrogen-bond acceptors (Lipinski definition) is 5. The van der Waals surface area contributed by atoms with Crippen LogP contribution < -0.4 is 5.73 Å². The van der Waals surface area contributed by atoms with Gasteiger partial charge in [-0.1, -0.05) is 12.1 Å². The number of aliphatic hydroxyl groups is 1. The van der Waals surface area contributed by atoms with Crippen LogP contribution in [0.2, 0.25) is 0 Å². The molecule has 2 aromatic heterocycles. The Hall–Kier alpha value is -1.97. The van der Waals surface area contributed by atoms with Crippen molar-refractivity contribution >= 4 is 45.7 Å². The first-order valence-electron chi connectivity index (χ1n) is 10.5. The number of aromatic nitrogens is 2. The first-order chi connectivity index (χ1) is 14.9. The van der Waals surface area contributed by atoms with Crippen molar-refractivity contribution in [3.8, 4) is 11.1 Å². The van der Waals surface area contributed by atoms with E-state index in [9.17, 15) is 17.9 Å². The Morgan fingerprint density at radius 3 is 2.44 bits per heavy atom. The molecule has 0 aliphatic carbocycles. The molecule has 0 aliphatic rings. The second-order valence-electron chi connectivity index (χ2n) is 8.68. The van der Waals surface area contributed by atoms with Crippen molar-refractivity contribution in [2.75, 3.05) is 6.54 Å². The molecule has 1 aromatic carbocycles. The second kappa shape index (κ2) is 11.2. The van der Waals surface area contributed by atoms with Gasteiger partial charge in [-0.3, -0.25) is 0 Å². The van der Waals surface area contributed by atoms with Crippen LogP contribution in [0, 0.1) is 6.92 Å². The lowest BCUT2D eigenvalue weighted by Gasteiger charge is -2.16. The maximum absolute atomic E-state index is 14.4. The van der Waals surface area contributed by atoms with E-state index in [1.54, 1.807) is 62.6 Å². The SMILES string of the molecule is Cc1c(-c2cccc(S(=O)(=O)C(C)C)c2)c2nc(C(C)(C)O)ccc2n1C/C(F)=C/CN.Cl.Cl. The van der Waals surface area contributed by atoms with Crippen molar-refractivity contribution < 1.29 is 17.9 Å². The van der Waals surface area contributed by atoms with Crippen molar-refractivity contribution in [2.24, 2.45) is 5.73 Å². The highest BCUT2D eigenvalue weighted by Crippen LogP contribution is 2.36. The van der Waals surface area contributed by atoms with Gasteiger partial charge in [0, 0.05) is 17.8 Å². The van der Waals surface area contributed by atoms with Gasteiger partial charge in [0.25, 0.3) is 0 Å². The van der Waals surface area contributed by atoms with E-state index in [1.807, 2.05) is 13.0 Å². The van der Waals surface area contributed by atoms with Crippen LogP contribution in [0.1, 0.15) is 39.1 Å². The molecule has 0 fully saturated rings. The highest BCUT2D eigenvalue weighted by molar-refractivity contribution is 7.92. The minimum atomic E-state index is -3.47. The van der Waals surface area contributed by atoms with Gasteiger partial charge in [0.15, 0.2) is 9.84 Å². The van der Waals surface area contributed by atoms with Crippen LogP contribution in [0.4, 0.5) is 4.39 Å². The second-order valence-corrected chi connectivity index (χ2v) is 11.2. The normalized spacial score (nSPS) is 12.6. The summed E-state index contributed by atoms with van der Waals surface area (Å²) in [6.45, 7) is 8.49. The van der Waals surface area contributed by atoms with E-state index in [1.165, 1.54) is 6.08 Å². The molecular formula is C24H32Cl2FN3O3S. The molecule has 0 radical (unpaired) electrons. The van der Waals surface area contributed by atoms with Crippen LogP contribution in [0.25, 0.3) is 22.2 Å². The first-order valence-corrected chi connectivity index (χ1v) is 12.0. The van der Waals surface area contributed by atoms with Gasteiger partial charge in [-0.25, -0.2) is 17.8 Å². The summed E-state index contributed by atoms with van der Waals surface area (Å²) in [5.74, 6) is -0.373. The average Bonchev–Trinajstić information content (AvgIpc) is 2.98. The van der Waals surface area contributed by atoms with E-state index >= 15 is 0 Å². The van der Waals surface area contributed by atoms with E-state index in [-0.39, 0.29) is 48.6 Å². The van der Waals surface area contributed by atoms with Crippen LogP contribution in [0.3, 0.4) is 0 Å². The molecule has 34 heavy (non-hydrogen) atoms. The number of nitrogens with two attached hydrogens (primary N) is 1. The lowest BCUT2D eigenvalue weighted by atomic mass is 10.0. The van der Waals surface area contributed by atoms with Crippen LogP contribution in [0.15, 0.2) is 53.2 Å². The third-order valence-corrected chi connectivity index (χ3v) is 7.67. The van der Waals surface area contributed by atoms with Gasteiger partial charge >= 0.3 is 0 Å². The summed E-state index contributed by atoms with van der Waals surface area (Å²) in [5.41, 5.74) is 8.11. The standard InChI is InChI=1S/C24H30FN3O3S.2ClH/c1-15(2)32(30,31)19-8-6-7-17(13-19)22-16(3)28(14-18(25)11-12-26)20-9-10-21(24(4,5)29)27-23(20)22;;/h6-11,13,15,29H,12,14,26H2,1-5H3;2*1H/b18-11-;;. The number of fused-ring (bicyclic) bond motifs is 1. The van der Waals surface area contributed by atoms with Gasteiger partial charge in [-0.05, 0) is 70.5 Å². The summed E-state index contributed by atoms with van der Waals surface area (Å²) in [4.78, 5) is 4.92. The fraction of sp³-hybridized carbons (Fsp3) is 0.375. The molecule has 0 aliphatic heterocycles. The molecule has 10 heteroatoms. The maximum atomic E-state index is 14.4. The number of allylic oxidation sites excluding steroid dienone is 1. The van der Waals surface area contributed by atoms with Gasteiger partial charge < -0.3 is 15.4 Å². The van der Waals surface area contributed by atoms with E-state index in [4.69, 9.17) is 10.7 Å². The predicted octanol–water partition coefficient (Wildman–Crippen LogP) is 5.08. The zero-order valence-electron chi connectivity index (χ0n) is 19.9. The first kappa shape index (κ1) is 30.1. The van der Waals surface area contributed by atoms with Gasteiger partial charge in [0.2, 0.25) is 0 Å². The number of rotatable bonds is 7. The molecule has 0 amide bonds. The van der Waals surface area contributed by atoms with Crippen LogP contribution in [-0.4, -0.2) is 34.9 Å². The van der Waals surface area contributed by atoms with Crippen molar-refractivity contribution in [1.29, 1.82) is 0 Å². The minimum Gasteiger partial charge on any atom is -0.384 e. The van der Waals surface area contributed by atoms with Crippen molar-refractivity contribution in [3.63, 3.8) is 0 Å². The molecule has 0 unspecified atom stereocenters. The number of halogens is 3. The molecule has 2 heterocycles. The maximum Gasteiger partial charge on any atom is 0.180 e. The molecule has 0 atom stereocenters. The smallest absolute Gasteiger partial charge is 0.180 e. The minimum absolute atomic E-state index is 0. The van der Waals surface area contributed by atoms with Gasteiger partial charge in [-0.15, -0.1) is 24.8 Å². The monoisotopic (exact) mass is 531 g/mol. The van der Waals surface area contributed by atoms with Crippen molar-refractivity contribution in [2.45, 2.75) is 56.9 Å². The summed E-state index contributed by atoms with van der Waals surface area (Å²) in [6, 6.07) is 10.2. The van der Waals surface area contributed by atoms with E-state index in [0.717, 1.165) is 5.69 Å². The fourth-order valence-corrected chi connectivity index (χ4v) is 4.78. The quantitative estimate of drug-likeness (QED) is 0.443. The molecule has 3 aromatic rings. The van der Waals surface area contributed by atoms with E-state index < -0.39 is 20.7 Å². The fourth-order valence-electron chi connectivity index (χ4n) is 3.67. The molecule has 0 bridgehead atoms.